The van der Waals surface area contributed by atoms with E-state index >= 15 is 0 Å². The van der Waals surface area contributed by atoms with Gasteiger partial charge in [0.05, 0.1) is 17.2 Å². The van der Waals surface area contributed by atoms with Crippen LogP contribution in [0, 0.1) is 0 Å². The average molecular weight is 276 g/mol. The average Bonchev–Trinajstić information content (AvgIpc) is 2.27. The second-order valence-electron chi connectivity index (χ2n) is 4.78. The van der Waals surface area contributed by atoms with Crippen molar-refractivity contribution in [2.75, 3.05) is 0 Å². The molecule has 2 N–H and O–H groups in total. The molecule has 1 rings (SSSR count). The Hall–Kier alpha value is -1.63. The largest absolute Gasteiger partial charge is 0.417 e. The van der Waals surface area contributed by atoms with Gasteiger partial charge in [-0.25, -0.2) is 0 Å². The highest BCUT2D eigenvalue weighted by molar-refractivity contribution is 5.92. The molecule has 4 nitrogen and oxygen atoms in total. The molecule has 1 atom stereocenters. The molecule has 0 fully saturated rings. The number of alkyl halides is 3. The van der Waals surface area contributed by atoms with E-state index in [-0.39, 0.29) is 5.69 Å². The number of nitrogens with one attached hydrogen (secondary N) is 1. The van der Waals surface area contributed by atoms with Crippen LogP contribution in [0.3, 0.4) is 0 Å². The van der Waals surface area contributed by atoms with Gasteiger partial charge >= 0.3 is 6.18 Å². The van der Waals surface area contributed by atoms with Crippen LogP contribution in [0.4, 0.5) is 13.2 Å². The summed E-state index contributed by atoms with van der Waals surface area (Å²) in [5.74, 6) is -0.639. The maximum absolute atomic E-state index is 12.3. The first kappa shape index (κ1) is 15.4. The number of aliphatic hydroxyl groups excluding tert-OH is 1. The van der Waals surface area contributed by atoms with Gasteiger partial charge in [-0.2, -0.15) is 13.2 Å². The Morgan fingerprint density at radius 3 is 2.32 bits per heavy atom. The molecule has 0 aliphatic heterocycles. The van der Waals surface area contributed by atoms with E-state index in [9.17, 15) is 23.1 Å². The number of carbonyl (C=O) groups is 1. The Morgan fingerprint density at radius 2 is 1.95 bits per heavy atom. The highest BCUT2D eigenvalue weighted by atomic mass is 19.4. The topological polar surface area (TPSA) is 62.2 Å². The molecule has 1 amide bonds. The monoisotopic (exact) mass is 276 g/mol. The molecule has 1 aromatic rings. The molecule has 1 heterocycles. The van der Waals surface area contributed by atoms with Crippen molar-refractivity contribution in [3.63, 3.8) is 0 Å². The van der Waals surface area contributed by atoms with Gasteiger partial charge < -0.3 is 10.4 Å². The molecule has 1 unspecified atom stereocenters. The standard InChI is InChI=1S/C12H15F3N2O2/c1-7(18)11(2,3)17-10(19)9-5-4-8(6-16-9)12(13,14)15/h4-7,18H,1-3H3,(H,17,19). The summed E-state index contributed by atoms with van der Waals surface area (Å²) in [7, 11) is 0. The number of rotatable bonds is 3. The summed E-state index contributed by atoms with van der Waals surface area (Å²) in [6, 6.07) is 1.79. The number of pyridine rings is 1. The fraction of sp³-hybridized carbons (Fsp3) is 0.500. The van der Waals surface area contributed by atoms with Gasteiger partial charge in [-0.15, -0.1) is 0 Å². The number of amides is 1. The van der Waals surface area contributed by atoms with Gasteiger partial charge in [-0.3, -0.25) is 9.78 Å². The SMILES string of the molecule is CC(O)C(C)(C)NC(=O)c1ccc(C(F)(F)F)cn1. The number of hydrogen-bond acceptors (Lipinski definition) is 3. The summed E-state index contributed by atoms with van der Waals surface area (Å²) >= 11 is 0. The lowest BCUT2D eigenvalue weighted by Crippen LogP contribution is -2.51. The minimum Gasteiger partial charge on any atom is -0.391 e. The predicted octanol–water partition coefficient (Wildman–Crippen LogP) is 1.99. The lowest BCUT2D eigenvalue weighted by molar-refractivity contribution is -0.137. The van der Waals surface area contributed by atoms with Gasteiger partial charge in [0, 0.05) is 6.20 Å². The second-order valence-corrected chi connectivity index (χ2v) is 4.78. The smallest absolute Gasteiger partial charge is 0.391 e. The lowest BCUT2D eigenvalue weighted by Gasteiger charge is -2.29. The molecule has 0 aromatic carbocycles. The molecule has 0 aliphatic carbocycles. The number of aliphatic hydroxyl groups is 1. The van der Waals surface area contributed by atoms with E-state index in [0.29, 0.717) is 6.20 Å². The third-order valence-electron chi connectivity index (χ3n) is 2.80. The van der Waals surface area contributed by atoms with E-state index in [1.54, 1.807) is 13.8 Å². The van der Waals surface area contributed by atoms with E-state index in [1.165, 1.54) is 6.92 Å². The number of nitrogens with zero attached hydrogens (tertiary/aromatic N) is 1. The van der Waals surface area contributed by atoms with Gasteiger partial charge in [-0.05, 0) is 32.9 Å². The normalized spacial score (nSPS) is 14.1. The Bertz CT molecular complexity index is 453. The van der Waals surface area contributed by atoms with Gasteiger partial charge in [0.2, 0.25) is 0 Å². The molecule has 0 bridgehead atoms. The maximum atomic E-state index is 12.3. The van der Waals surface area contributed by atoms with Crippen LogP contribution in [0.2, 0.25) is 0 Å². The molecule has 0 saturated carbocycles. The van der Waals surface area contributed by atoms with Crippen LogP contribution in [0.15, 0.2) is 18.3 Å². The minimum atomic E-state index is -4.49. The van der Waals surface area contributed by atoms with Gasteiger partial charge in [-0.1, -0.05) is 0 Å². The first-order chi connectivity index (χ1) is 8.54. The minimum absolute atomic E-state index is 0.137. The molecule has 106 valence electrons. The molecule has 0 aliphatic rings. The zero-order valence-electron chi connectivity index (χ0n) is 10.7. The van der Waals surface area contributed by atoms with E-state index in [1.807, 2.05) is 0 Å². The third-order valence-corrected chi connectivity index (χ3v) is 2.80. The van der Waals surface area contributed by atoms with Crippen molar-refractivity contribution in [3.8, 4) is 0 Å². The number of hydrogen-bond donors (Lipinski definition) is 2. The van der Waals surface area contributed by atoms with Crippen LogP contribution in [-0.4, -0.2) is 27.6 Å². The van der Waals surface area contributed by atoms with E-state index in [2.05, 4.69) is 10.3 Å². The quantitative estimate of drug-likeness (QED) is 0.887. The van der Waals surface area contributed by atoms with Crippen molar-refractivity contribution in [1.82, 2.24) is 10.3 Å². The molecule has 7 heteroatoms. The number of carbonyl (C=O) groups excluding carboxylic acids is 1. The van der Waals surface area contributed by atoms with E-state index < -0.39 is 29.3 Å². The van der Waals surface area contributed by atoms with Crippen LogP contribution < -0.4 is 5.32 Å². The van der Waals surface area contributed by atoms with Crippen molar-refractivity contribution in [3.05, 3.63) is 29.6 Å². The summed E-state index contributed by atoms with van der Waals surface area (Å²) in [5.41, 5.74) is -1.96. The highest BCUT2D eigenvalue weighted by Gasteiger charge is 2.31. The van der Waals surface area contributed by atoms with Gasteiger partial charge in [0.25, 0.3) is 5.91 Å². The van der Waals surface area contributed by atoms with Crippen LogP contribution in [-0.2, 0) is 6.18 Å². The number of halogens is 3. The molecular formula is C12H15F3N2O2. The van der Waals surface area contributed by atoms with Crippen LogP contribution >= 0.6 is 0 Å². The Balaban J connectivity index is 2.85. The summed E-state index contributed by atoms with van der Waals surface area (Å²) in [4.78, 5) is 15.2. The lowest BCUT2D eigenvalue weighted by atomic mass is 9.98. The first-order valence-corrected chi connectivity index (χ1v) is 5.58. The van der Waals surface area contributed by atoms with Gasteiger partial charge in [0.15, 0.2) is 0 Å². The maximum Gasteiger partial charge on any atom is 0.417 e. The summed E-state index contributed by atoms with van der Waals surface area (Å²) in [6.07, 6.45) is -4.70. The van der Waals surface area contributed by atoms with Crippen LogP contribution in [0.25, 0.3) is 0 Å². The van der Waals surface area contributed by atoms with Crippen molar-refractivity contribution in [1.29, 1.82) is 0 Å². The van der Waals surface area contributed by atoms with Crippen molar-refractivity contribution >= 4 is 5.91 Å². The van der Waals surface area contributed by atoms with Gasteiger partial charge in [0.1, 0.15) is 5.69 Å². The third kappa shape index (κ3) is 3.92. The number of aromatic nitrogens is 1. The first-order valence-electron chi connectivity index (χ1n) is 5.58. The Labute approximate surface area is 108 Å². The van der Waals surface area contributed by atoms with Crippen molar-refractivity contribution in [2.24, 2.45) is 0 Å². The van der Waals surface area contributed by atoms with Crippen LogP contribution in [0.5, 0.6) is 0 Å². The second kappa shape index (κ2) is 5.16. The fourth-order valence-corrected chi connectivity index (χ4v) is 1.16. The fourth-order valence-electron chi connectivity index (χ4n) is 1.16. The molecule has 0 saturated heterocycles. The van der Waals surface area contributed by atoms with E-state index in [0.717, 1.165) is 12.1 Å². The molecule has 19 heavy (non-hydrogen) atoms. The van der Waals surface area contributed by atoms with E-state index in [4.69, 9.17) is 0 Å². The molecule has 0 radical (unpaired) electrons. The molecular weight excluding hydrogens is 261 g/mol. The summed E-state index contributed by atoms with van der Waals surface area (Å²) < 4.78 is 37.0. The zero-order chi connectivity index (χ0) is 14.8. The summed E-state index contributed by atoms with van der Waals surface area (Å²) in [6.45, 7) is 4.69. The zero-order valence-corrected chi connectivity index (χ0v) is 10.7. The van der Waals surface area contributed by atoms with Crippen molar-refractivity contribution < 1.29 is 23.1 Å². The molecule has 0 spiro atoms. The molecule has 1 aromatic heterocycles. The predicted molar refractivity (Wildman–Crippen MR) is 62.5 cm³/mol. The van der Waals surface area contributed by atoms with Crippen LogP contribution in [0.1, 0.15) is 36.8 Å². The summed E-state index contributed by atoms with van der Waals surface area (Å²) in [5, 5.41) is 11.9. The van der Waals surface area contributed by atoms with Crippen molar-refractivity contribution in [2.45, 2.75) is 38.6 Å². The Kier molecular flexibility index (Phi) is 4.19. The highest BCUT2D eigenvalue weighted by Crippen LogP contribution is 2.28. The Morgan fingerprint density at radius 1 is 1.37 bits per heavy atom.